The van der Waals surface area contributed by atoms with Crippen LogP contribution in [0, 0.1) is 0 Å². The van der Waals surface area contributed by atoms with Crippen LogP contribution in [0.1, 0.15) is 20.8 Å². The summed E-state index contributed by atoms with van der Waals surface area (Å²) in [7, 11) is 3.59. The number of amides is 1. The van der Waals surface area contributed by atoms with Crippen LogP contribution < -0.4 is 18.9 Å². The zero-order valence-corrected chi connectivity index (χ0v) is 17.7. The molecule has 0 bridgehead atoms. The van der Waals surface area contributed by atoms with E-state index < -0.39 is 5.60 Å². The molecule has 1 aromatic carbocycles. The van der Waals surface area contributed by atoms with Gasteiger partial charge in [0.15, 0.2) is 0 Å². The first-order chi connectivity index (χ1) is 13.8. The van der Waals surface area contributed by atoms with Crippen LogP contribution in [0.5, 0.6) is 17.4 Å². The van der Waals surface area contributed by atoms with E-state index >= 15 is 0 Å². The number of rotatable bonds is 4. The van der Waals surface area contributed by atoms with Gasteiger partial charge in [-0.15, -0.1) is 0 Å². The van der Waals surface area contributed by atoms with Crippen LogP contribution in [0.15, 0.2) is 36.7 Å². The molecule has 2 aromatic rings. The predicted octanol–water partition coefficient (Wildman–Crippen LogP) is 2.76. The first-order valence-electron chi connectivity index (χ1n) is 9.66. The SMILES string of the molecule is COc1ccc(Oc2ncc[n+](C)c2N2CCN(C(=O)OC(C)(C)C)CC2)cc1. The maximum atomic E-state index is 12.3. The zero-order valence-electron chi connectivity index (χ0n) is 17.7. The topological polar surface area (TPSA) is 68.0 Å². The normalized spacial score (nSPS) is 14.5. The van der Waals surface area contributed by atoms with E-state index in [9.17, 15) is 4.79 Å². The van der Waals surface area contributed by atoms with Gasteiger partial charge in [0.05, 0.1) is 33.4 Å². The summed E-state index contributed by atoms with van der Waals surface area (Å²) in [5.74, 6) is 2.83. The first-order valence-corrected chi connectivity index (χ1v) is 9.66. The fourth-order valence-corrected chi connectivity index (χ4v) is 3.09. The lowest BCUT2D eigenvalue weighted by Crippen LogP contribution is -2.53. The van der Waals surface area contributed by atoms with Crippen LogP contribution in [-0.4, -0.2) is 54.9 Å². The molecule has 156 valence electrons. The van der Waals surface area contributed by atoms with Gasteiger partial charge in [0, 0.05) is 0 Å². The lowest BCUT2D eigenvalue weighted by Gasteiger charge is -2.33. The molecule has 0 unspecified atom stereocenters. The highest BCUT2D eigenvalue weighted by Gasteiger charge is 2.33. The Morgan fingerprint density at radius 2 is 1.69 bits per heavy atom. The molecule has 1 fully saturated rings. The third-order valence-electron chi connectivity index (χ3n) is 4.51. The summed E-state index contributed by atoms with van der Waals surface area (Å²) >= 11 is 0. The Morgan fingerprint density at radius 1 is 1.07 bits per heavy atom. The number of hydrogen-bond donors (Lipinski definition) is 0. The molecule has 0 atom stereocenters. The van der Waals surface area contributed by atoms with Gasteiger partial charge in [-0.3, -0.25) is 4.90 Å². The van der Waals surface area contributed by atoms with Crippen molar-refractivity contribution in [3.63, 3.8) is 0 Å². The summed E-state index contributed by atoms with van der Waals surface area (Å²) in [6, 6.07) is 7.38. The average molecular weight is 401 g/mol. The lowest BCUT2D eigenvalue weighted by molar-refractivity contribution is -0.659. The molecule has 3 rings (SSSR count). The fourth-order valence-electron chi connectivity index (χ4n) is 3.09. The van der Waals surface area contributed by atoms with Gasteiger partial charge in [0.2, 0.25) is 0 Å². The molecule has 0 N–H and O–H groups in total. The first kappa shape index (κ1) is 20.7. The number of piperazine rings is 1. The zero-order chi connectivity index (χ0) is 21.0. The van der Waals surface area contributed by atoms with Gasteiger partial charge in [-0.1, -0.05) is 0 Å². The minimum absolute atomic E-state index is 0.276. The molecule has 8 heteroatoms. The minimum atomic E-state index is -0.497. The molecule has 1 aromatic heterocycles. The Bertz CT molecular complexity index is 841. The molecule has 1 aliphatic heterocycles. The molecular formula is C21H29N4O4+. The monoisotopic (exact) mass is 401 g/mol. The van der Waals surface area contributed by atoms with Gasteiger partial charge in [-0.25, -0.2) is 14.3 Å². The molecule has 1 saturated heterocycles. The smallest absolute Gasteiger partial charge is 0.410 e. The van der Waals surface area contributed by atoms with Crippen molar-refractivity contribution in [3.8, 4) is 17.4 Å². The molecule has 0 spiro atoms. The van der Waals surface area contributed by atoms with Crippen molar-refractivity contribution in [1.29, 1.82) is 0 Å². The Hall–Kier alpha value is -3.03. The number of hydrogen-bond acceptors (Lipinski definition) is 6. The molecule has 2 heterocycles. The second-order valence-corrected chi connectivity index (χ2v) is 7.90. The molecular weight excluding hydrogens is 372 g/mol. The Labute approximate surface area is 171 Å². The summed E-state index contributed by atoms with van der Waals surface area (Å²) in [5.41, 5.74) is -0.497. The van der Waals surface area contributed by atoms with Gasteiger partial charge in [0.25, 0.3) is 0 Å². The molecule has 1 amide bonds. The van der Waals surface area contributed by atoms with Gasteiger partial charge in [-0.2, -0.15) is 0 Å². The summed E-state index contributed by atoms with van der Waals surface area (Å²) in [4.78, 5) is 20.7. The van der Waals surface area contributed by atoms with Gasteiger partial charge < -0.3 is 19.1 Å². The molecule has 0 saturated carbocycles. The number of methoxy groups -OCH3 is 1. The summed E-state index contributed by atoms with van der Waals surface area (Å²) in [6.07, 6.45) is 3.32. The highest BCUT2D eigenvalue weighted by molar-refractivity contribution is 5.68. The lowest BCUT2D eigenvalue weighted by atomic mass is 10.2. The van der Waals surface area contributed by atoms with E-state index in [4.69, 9.17) is 14.2 Å². The Morgan fingerprint density at radius 3 is 2.28 bits per heavy atom. The van der Waals surface area contributed by atoms with Crippen LogP contribution in [-0.2, 0) is 11.8 Å². The van der Waals surface area contributed by atoms with Crippen LogP contribution in [0.25, 0.3) is 0 Å². The van der Waals surface area contributed by atoms with E-state index in [1.54, 1.807) is 18.2 Å². The van der Waals surface area contributed by atoms with Crippen molar-refractivity contribution in [2.24, 2.45) is 7.05 Å². The van der Waals surface area contributed by atoms with E-state index in [1.807, 2.05) is 62.8 Å². The van der Waals surface area contributed by atoms with Crippen LogP contribution >= 0.6 is 0 Å². The third kappa shape index (κ3) is 5.28. The highest BCUT2D eigenvalue weighted by Crippen LogP contribution is 2.28. The number of aryl methyl sites for hydroxylation is 1. The largest absolute Gasteiger partial charge is 0.497 e. The van der Waals surface area contributed by atoms with Gasteiger partial charge >= 0.3 is 17.8 Å². The minimum Gasteiger partial charge on any atom is -0.497 e. The number of ether oxygens (including phenoxy) is 3. The molecule has 0 radical (unpaired) electrons. The van der Waals surface area contributed by atoms with Crippen molar-refractivity contribution in [1.82, 2.24) is 9.88 Å². The average Bonchev–Trinajstić information content (AvgIpc) is 2.68. The second-order valence-electron chi connectivity index (χ2n) is 7.90. The van der Waals surface area contributed by atoms with Gasteiger partial charge in [-0.05, 0) is 45.0 Å². The van der Waals surface area contributed by atoms with Crippen molar-refractivity contribution in [2.45, 2.75) is 26.4 Å². The quantitative estimate of drug-likeness (QED) is 0.734. The maximum absolute atomic E-state index is 12.3. The molecule has 29 heavy (non-hydrogen) atoms. The van der Waals surface area contributed by atoms with Crippen LogP contribution in [0.4, 0.5) is 10.6 Å². The molecule has 0 aliphatic carbocycles. The number of aromatic nitrogens is 2. The summed E-state index contributed by atoms with van der Waals surface area (Å²) < 4.78 is 18.7. The maximum Gasteiger partial charge on any atom is 0.410 e. The Kier molecular flexibility index (Phi) is 6.10. The van der Waals surface area contributed by atoms with Crippen LogP contribution in [0.3, 0.4) is 0 Å². The number of nitrogens with zero attached hydrogens (tertiary/aromatic N) is 4. The summed E-state index contributed by atoms with van der Waals surface area (Å²) in [6.45, 7) is 8.10. The standard InChI is InChI=1S/C21H29N4O4/c1-21(2,3)29-20(26)25-14-12-24(13-15-25)19-18(22-10-11-23(19)4)28-17-8-6-16(27-5)7-9-17/h6-11H,12-15H2,1-5H3/q+1. The Balaban J connectivity index is 1.72. The fraction of sp³-hybridized carbons (Fsp3) is 0.476. The third-order valence-corrected chi connectivity index (χ3v) is 4.51. The van der Waals surface area contributed by atoms with E-state index in [2.05, 4.69) is 9.88 Å². The number of anilines is 1. The number of benzene rings is 1. The predicted molar refractivity (Wildman–Crippen MR) is 109 cm³/mol. The second kappa shape index (κ2) is 8.55. The van der Waals surface area contributed by atoms with E-state index in [0.717, 1.165) is 11.6 Å². The van der Waals surface area contributed by atoms with Crippen LogP contribution in [0.2, 0.25) is 0 Å². The van der Waals surface area contributed by atoms with Crippen molar-refractivity contribution >= 4 is 11.9 Å². The van der Waals surface area contributed by atoms with Crippen molar-refractivity contribution in [2.75, 3.05) is 38.2 Å². The van der Waals surface area contributed by atoms with Gasteiger partial charge in [0.1, 0.15) is 36.4 Å². The highest BCUT2D eigenvalue weighted by atomic mass is 16.6. The number of carbonyl (C=O) groups excluding carboxylic acids is 1. The molecule has 1 aliphatic rings. The molecule has 8 nitrogen and oxygen atoms in total. The van der Waals surface area contributed by atoms with E-state index in [-0.39, 0.29) is 6.09 Å². The summed E-state index contributed by atoms with van der Waals surface area (Å²) in [5, 5.41) is 0. The van der Waals surface area contributed by atoms with Crippen molar-refractivity contribution < 1.29 is 23.6 Å². The van der Waals surface area contributed by atoms with E-state index in [1.165, 1.54) is 0 Å². The van der Waals surface area contributed by atoms with Crippen molar-refractivity contribution in [3.05, 3.63) is 36.7 Å². The number of carbonyl (C=O) groups is 1. The van der Waals surface area contributed by atoms with E-state index in [0.29, 0.717) is 37.8 Å².